The van der Waals surface area contributed by atoms with Gasteiger partial charge in [-0.15, -0.1) is 0 Å². The van der Waals surface area contributed by atoms with Crippen LogP contribution in [0.1, 0.15) is 61.5 Å². The van der Waals surface area contributed by atoms with Crippen LogP contribution >= 0.6 is 0 Å². The molecule has 21 heavy (non-hydrogen) atoms. The van der Waals surface area contributed by atoms with Crippen molar-refractivity contribution in [1.82, 2.24) is 5.32 Å². The first kappa shape index (κ1) is 17.3. The van der Waals surface area contributed by atoms with Gasteiger partial charge in [0.2, 0.25) is 0 Å². The summed E-state index contributed by atoms with van der Waals surface area (Å²) in [6, 6.07) is 5.55. The minimum Gasteiger partial charge on any atom is -0.384 e. The lowest BCUT2D eigenvalue weighted by Gasteiger charge is -2.31. The summed E-state index contributed by atoms with van der Waals surface area (Å²) in [6.07, 6.45) is 2.73. The molecule has 0 aliphatic carbocycles. The summed E-state index contributed by atoms with van der Waals surface area (Å²) >= 11 is 0. The first-order valence-electron chi connectivity index (χ1n) is 7.54. The Bertz CT molecular complexity index is 540. The van der Waals surface area contributed by atoms with E-state index in [1.165, 1.54) is 0 Å². The fourth-order valence-corrected chi connectivity index (χ4v) is 2.46. The Morgan fingerprint density at radius 3 is 2.33 bits per heavy atom. The van der Waals surface area contributed by atoms with Gasteiger partial charge in [0.15, 0.2) is 0 Å². The van der Waals surface area contributed by atoms with E-state index in [0.717, 1.165) is 30.4 Å². The second-order valence-corrected chi connectivity index (χ2v) is 5.34. The molecule has 0 radical (unpaired) electrons. The largest absolute Gasteiger partial charge is 0.384 e. The molecule has 0 aliphatic heterocycles. The molecule has 1 aromatic carbocycles. The van der Waals surface area contributed by atoms with E-state index < -0.39 is 0 Å². The zero-order valence-electron chi connectivity index (χ0n) is 13.4. The predicted molar refractivity (Wildman–Crippen MR) is 86.2 cm³/mol. The van der Waals surface area contributed by atoms with Gasteiger partial charge in [0.05, 0.1) is 0 Å². The summed E-state index contributed by atoms with van der Waals surface area (Å²) < 4.78 is 0. The van der Waals surface area contributed by atoms with E-state index in [4.69, 9.17) is 5.11 Å². The van der Waals surface area contributed by atoms with Gasteiger partial charge in [-0.05, 0) is 49.9 Å². The van der Waals surface area contributed by atoms with Crippen molar-refractivity contribution in [3.63, 3.8) is 0 Å². The van der Waals surface area contributed by atoms with Crippen LogP contribution in [0, 0.1) is 18.8 Å². The highest BCUT2D eigenvalue weighted by Crippen LogP contribution is 2.20. The summed E-state index contributed by atoms with van der Waals surface area (Å²) in [5, 5.41) is 11.9. The minimum absolute atomic E-state index is 0.0590. The van der Waals surface area contributed by atoms with Crippen LogP contribution in [0.5, 0.6) is 0 Å². The fraction of sp³-hybridized carbons (Fsp3) is 0.500. The third-order valence-corrected chi connectivity index (χ3v) is 4.06. The van der Waals surface area contributed by atoms with E-state index in [2.05, 4.69) is 37.9 Å². The first-order valence-corrected chi connectivity index (χ1v) is 7.54. The van der Waals surface area contributed by atoms with Crippen LogP contribution in [0.2, 0.25) is 0 Å². The molecule has 0 unspecified atom stereocenters. The monoisotopic (exact) mass is 287 g/mol. The maximum absolute atomic E-state index is 12.5. The van der Waals surface area contributed by atoms with E-state index in [1.54, 1.807) is 6.07 Å². The summed E-state index contributed by atoms with van der Waals surface area (Å²) in [7, 11) is 0. The Morgan fingerprint density at radius 1 is 1.19 bits per heavy atom. The minimum atomic E-state index is -0.180. The van der Waals surface area contributed by atoms with Crippen LogP contribution in [0.3, 0.4) is 0 Å². The fourth-order valence-electron chi connectivity index (χ4n) is 2.46. The van der Waals surface area contributed by atoms with Crippen molar-refractivity contribution >= 4 is 5.91 Å². The topological polar surface area (TPSA) is 49.3 Å². The molecule has 0 atom stereocenters. The number of carbonyl (C=O) groups excluding carboxylic acids is 1. The molecule has 0 aromatic heterocycles. The number of benzene rings is 1. The normalized spacial score (nSPS) is 10.7. The Morgan fingerprint density at radius 2 is 1.81 bits per heavy atom. The van der Waals surface area contributed by atoms with Crippen molar-refractivity contribution in [1.29, 1.82) is 0 Å². The molecule has 3 nitrogen and oxygen atoms in total. The molecule has 0 aliphatic rings. The van der Waals surface area contributed by atoms with Gasteiger partial charge in [0.1, 0.15) is 6.61 Å². The Kier molecular flexibility index (Phi) is 6.45. The lowest BCUT2D eigenvalue weighted by atomic mass is 9.89. The van der Waals surface area contributed by atoms with Gasteiger partial charge in [-0.3, -0.25) is 4.79 Å². The molecular weight excluding hydrogens is 262 g/mol. The molecule has 0 heterocycles. The number of rotatable bonds is 5. The average Bonchev–Trinajstić information content (AvgIpc) is 2.50. The highest BCUT2D eigenvalue weighted by molar-refractivity contribution is 5.95. The summed E-state index contributed by atoms with van der Waals surface area (Å²) in [6.45, 7) is 8.05. The zero-order valence-corrected chi connectivity index (χ0v) is 13.4. The first-order chi connectivity index (χ1) is 10.00. The number of aliphatic hydroxyl groups is 1. The van der Waals surface area contributed by atoms with Gasteiger partial charge >= 0.3 is 0 Å². The molecule has 1 amide bonds. The van der Waals surface area contributed by atoms with Gasteiger partial charge in [0.25, 0.3) is 5.91 Å². The Labute approximate surface area is 127 Å². The van der Waals surface area contributed by atoms with E-state index in [-0.39, 0.29) is 18.1 Å². The molecule has 1 rings (SSSR count). The molecule has 0 fully saturated rings. The van der Waals surface area contributed by atoms with Crippen LogP contribution in [0.15, 0.2) is 18.2 Å². The summed E-state index contributed by atoms with van der Waals surface area (Å²) in [5.74, 6) is 5.41. The summed E-state index contributed by atoms with van der Waals surface area (Å²) in [4.78, 5) is 12.5. The average molecular weight is 287 g/mol. The van der Waals surface area contributed by atoms with Gasteiger partial charge in [-0.2, -0.15) is 0 Å². The quantitative estimate of drug-likeness (QED) is 0.818. The number of nitrogens with one attached hydrogen (secondary N) is 1. The molecule has 0 saturated carbocycles. The Balaban J connectivity index is 3.04. The lowest BCUT2D eigenvalue weighted by molar-refractivity contribution is 0.0888. The molecule has 3 heteroatoms. The summed E-state index contributed by atoms with van der Waals surface area (Å²) in [5.41, 5.74) is 2.22. The molecule has 1 aromatic rings. The smallest absolute Gasteiger partial charge is 0.251 e. The second kappa shape index (κ2) is 7.85. The van der Waals surface area contributed by atoms with E-state index >= 15 is 0 Å². The lowest BCUT2D eigenvalue weighted by Crippen LogP contribution is -2.47. The number of aryl methyl sites for hydroxylation is 1. The van der Waals surface area contributed by atoms with Crippen LogP contribution in [0.4, 0.5) is 0 Å². The van der Waals surface area contributed by atoms with Gasteiger partial charge in [0, 0.05) is 16.7 Å². The van der Waals surface area contributed by atoms with Gasteiger partial charge in [-0.25, -0.2) is 0 Å². The van der Waals surface area contributed by atoms with Crippen molar-refractivity contribution < 1.29 is 9.90 Å². The van der Waals surface area contributed by atoms with Gasteiger partial charge in [-0.1, -0.05) is 32.6 Å². The molecule has 0 saturated heterocycles. The van der Waals surface area contributed by atoms with Crippen LogP contribution in [-0.2, 0) is 0 Å². The van der Waals surface area contributed by atoms with Crippen molar-refractivity contribution in [3.05, 3.63) is 34.9 Å². The second-order valence-electron chi connectivity index (χ2n) is 5.34. The number of hydrogen-bond donors (Lipinski definition) is 2. The zero-order chi connectivity index (χ0) is 15.9. The number of hydrogen-bond acceptors (Lipinski definition) is 2. The van der Waals surface area contributed by atoms with Crippen LogP contribution in [0.25, 0.3) is 0 Å². The molecular formula is C18H25NO2. The number of amides is 1. The van der Waals surface area contributed by atoms with E-state index in [0.29, 0.717) is 5.56 Å². The Hall–Kier alpha value is -1.79. The van der Waals surface area contributed by atoms with Crippen molar-refractivity contribution in [3.8, 4) is 11.8 Å². The third kappa shape index (κ3) is 4.61. The standard InChI is InChI=1S/C18H25NO2/c1-5-18(6-2,7-3)19-17(21)16-12-14(4)11-15(13-16)9-8-10-20/h11-13,20H,5-7,10H2,1-4H3,(H,19,21). The molecule has 0 spiro atoms. The highest BCUT2D eigenvalue weighted by Gasteiger charge is 2.26. The van der Waals surface area contributed by atoms with Crippen molar-refractivity contribution in [2.24, 2.45) is 0 Å². The van der Waals surface area contributed by atoms with Crippen LogP contribution in [-0.4, -0.2) is 23.2 Å². The SMILES string of the molecule is CCC(CC)(CC)NC(=O)c1cc(C)cc(C#CCO)c1. The predicted octanol–water partition coefficient (Wildman–Crippen LogP) is 3.04. The number of carbonyl (C=O) groups is 1. The molecule has 0 bridgehead atoms. The number of aliphatic hydroxyl groups excluding tert-OH is 1. The van der Waals surface area contributed by atoms with E-state index in [1.807, 2.05) is 19.1 Å². The third-order valence-electron chi connectivity index (χ3n) is 4.06. The van der Waals surface area contributed by atoms with Crippen LogP contribution < -0.4 is 5.32 Å². The van der Waals surface area contributed by atoms with E-state index in [9.17, 15) is 4.79 Å². The molecule has 114 valence electrons. The highest BCUT2D eigenvalue weighted by atomic mass is 16.2. The van der Waals surface area contributed by atoms with Crippen molar-refractivity contribution in [2.75, 3.05) is 6.61 Å². The maximum Gasteiger partial charge on any atom is 0.251 e. The maximum atomic E-state index is 12.5. The molecule has 2 N–H and O–H groups in total. The van der Waals surface area contributed by atoms with Gasteiger partial charge < -0.3 is 10.4 Å². The van der Waals surface area contributed by atoms with Crippen molar-refractivity contribution in [2.45, 2.75) is 52.5 Å².